The molecule has 1 saturated heterocycles. The first-order chi connectivity index (χ1) is 13.6. The molecule has 7 heteroatoms. The molecular formula is C21H24ClFN2O2S. The summed E-state index contributed by atoms with van der Waals surface area (Å²) in [4.78, 5) is 15.6. The Balaban J connectivity index is 1.53. The van der Waals surface area contributed by atoms with E-state index in [4.69, 9.17) is 16.3 Å². The minimum atomic E-state index is -0.259. The Morgan fingerprint density at radius 3 is 2.61 bits per heavy atom. The van der Waals surface area contributed by atoms with E-state index in [9.17, 15) is 9.18 Å². The van der Waals surface area contributed by atoms with E-state index >= 15 is 0 Å². The summed E-state index contributed by atoms with van der Waals surface area (Å²) in [6.07, 6.45) is 0.412. The molecular weight excluding hydrogens is 399 g/mol. The number of nitrogens with one attached hydrogen (secondary N) is 1. The van der Waals surface area contributed by atoms with Gasteiger partial charge < -0.3 is 10.1 Å². The van der Waals surface area contributed by atoms with Crippen molar-refractivity contribution in [3.63, 3.8) is 0 Å². The van der Waals surface area contributed by atoms with E-state index in [1.54, 1.807) is 23.9 Å². The minimum Gasteiger partial charge on any atom is -0.379 e. The Labute approximate surface area is 174 Å². The topological polar surface area (TPSA) is 41.6 Å². The highest BCUT2D eigenvalue weighted by atomic mass is 35.5. The number of hydrogen-bond donors (Lipinski definition) is 1. The summed E-state index contributed by atoms with van der Waals surface area (Å²) in [5, 5.41) is 3.74. The summed E-state index contributed by atoms with van der Waals surface area (Å²) in [5.74, 6) is 0.402. The molecule has 150 valence electrons. The lowest BCUT2D eigenvalue weighted by molar-refractivity contribution is -0.121. The van der Waals surface area contributed by atoms with Crippen LogP contribution in [0.3, 0.4) is 0 Å². The SMILES string of the molecule is O=C(CCSc1ccccc1Cl)NCC(c1ccc(F)cc1)N1CCOCC1. The monoisotopic (exact) mass is 422 g/mol. The molecule has 1 aliphatic heterocycles. The molecule has 0 spiro atoms. The third-order valence-electron chi connectivity index (χ3n) is 4.66. The van der Waals surface area contributed by atoms with Crippen LogP contribution in [-0.4, -0.2) is 49.4 Å². The molecule has 1 unspecified atom stereocenters. The van der Waals surface area contributed by atoms with Gasteiger partial charge in [0.15, 0.2) is 0 Å². The van der Waals surface area contributed by atoms with Crippen LogP contribution in [0.1, 0.15) is 18.0 Å². The van der Waals surface area contributed by atoms with Gasteiger partial charge in [0, 0.05) is 36.7 Å². The van der Waals surface area contributed by atoms with E-state index < -0.39 is 0 Å². The lowest BCUT2D eigenvalue weighted by Crippen LogP contribution is -2.43. The van der Waals surface area contributed by atoms with Crippen molar-refractivity contribution in [2.24, 2.45) is 0 Å². The second-order valence-electron chi connectivity index (χ2n) is 6.55. The maximum absolute atomic E-state index is 13.3. The van der Waals surface area contributed by atoms with E-state index in [0.29, 0.717) is 37.0 Å². The quantitative estimate of drug-likeness (QED) is 0.649. The highest BCUT2D eigenvalue weighted by Gasteiger charge is 2.23. The molecule has 3 rings (SSSR count). The van der Waals surface area contributed by atoms with Crippen molar-refractivity contribution in [1.82, 2.24) is 10.2 Å². The summed E-state index contributed by atoms with van der Waals surface area (Å²) in [6.45, 7) is 3.40. The first-order valence-electron chi connectivity index (χ1n) is 9.35. The Hall–Kier alpha value is -1.60. The molecule has 2 aromatic carbocycles. The molecule has 0 radical (unpaired) electrons. The van der Waals surface area contributed by atoms with Gasteiger partial charge in [-0.05, 0) is 29.8 Å². The number of rotatable bonds is 8. The molecule has 0 saturated carbocycles. The smallest absolute Gasteiger partial charge is 0.220 e. The Morgan fingerprint density at radius 1 is 1.18 bits per heavy atom. The molecule has 2 aromatic rings. The molecule has 1 heterocycles. The number of amides is 1. The maximum atomic E-state index is 13.3. The molecule has 1 N–H and O–H groups in total. The van der Waals surface area contributed by atoms with Gasteiger partial charge in [0.2, 0.25) is 5.91 Å². The second-order valence-corrected chi connectivity index (χ2v) is 8.09. The summed E-state index contributed by atoms with van der Waals surface area (Å²) >= 11 is 7.72. The van der Waals surface area contributed by atoms with Crippen molar-refractivity contribution in [2.75, 3.05) is 38.6 Å². The van der Waals surface area contributed by atoms with Gasteiger partial charge >= 0.3 is 0 Å². The van der Waals surface area contributed by atoms with E-state index in [-0.39, 0.29) is 17.8 Å². The maximum Gasteiger partial charge on any atom is 0.220 e. The van der Waals surface area contributed by atoms with Gasteiger partial charge in [-0.25, -0.2) is 4.39 Å². The first-order valence-corrected chi connectivity index (χ1v) is 10.7. The van der Waals surface area contributed by atoms with Crippen LogP contribution >= 0.6 is 23.4 Å². The van der Waals surface area contributed by atoms with Crippen molar-refractivity contribution in [2.45, 2.75) is 17.4 Å². The van der Waals surface area contributed by atoms with Crippen molar-refractivity contribution < 1.29 is 13.9 Å². The lowest BCUT2D eigenvalue weighted by Gasteiger charge is -2.35. The summed E-state index contributed by atoms with van der Waals surface area (Å²) in [5.41, 5.74) is 0.994. The molecule has 0 bridgehead atoms. The number of hydrogen-bond acceptors (Lipinski definition) is 4. The minimum absolute atomic E-state index is 0.0000697. The van der Waals surface area contributed by atoms with Gasteiger partial charge in [0.1, 0.15) is 5.82 Å². The van der Waals surface area contributed by atoms with Crippen molar-refractivity contribution in [3.05, 3.63) is 64.9 Å². The zero-order chi connectivity index (χ0) is 19.8. The molecule has 1 atom stereocenters. The van der Waals surface area contributed by atoms with Gasteiger partial charge in [0.25, 0.3) is 0 Å². The predicted molar refractivity (Wildman–Crippen MR) is 111 cm³/mol. The van der Waals surface area contributed by atoms with Crippen LogP contribution in [0.2, 0.25) is 5.02 Å². The number of morpholine rings is 1. The molecule has 0 aliphatic carbocycles. The number of thioether (sulfide) groups is 1. The number of carbonyl (C=O) groups is 1. The predicted octanol–water partition coefficient (Wildman–Crippen LogP) is 4.15. The Kier molecular flexibility index (Phi) is 8.15. The van der Waals surface area contributed by atoms with E-state index in [2.05, 4.69) is 10.2 Å². The summed E-state index contributed by atoms with van der Waals surface area (Å²) in [7, 11) is 0. The summed E-state index contributed by atoms with van der Waals surface area (Å²) in [6, 6.07) is 14.1. The van der Waals surface area contributed by atoms with E-state index in [1.807, 2.05) is 24.3 Å². The average molecular weight is 423 g/mol. The van der Waals surface area contributed by atoms with Gasteiger partial charge in [-0.3, -0.25) is 9.69 Å². The van der Waals surface area contributed by atoms with Crippen LogP contribution in [0.25, 0.3) is 0 Å². The van der Waals surface area contributed by atoms with Crippen LogP contribution in [0, 0.1) is 5.82 Å². The summed E-state index contributed by atoms with van der Waals surface area (Å²) < 4.78 is 18.7. The van der Waals surface area contributed by atoms with Crippen LogP contribution < -0.4 is 5.32 Å². The molecule has 4 nitrogen and oxygen atoms in total. The molecule has 1 amide bonds. The fraction of sp³-hybridized carbons (Fsp3) is 0.381. The van der Waals surface area contributed by atoms with Crippen molar-refractivity contribution in [1.29, 1.82) is 0 Å². The van der Waals surface area contributed by atoms with E-state index in [0.717, 1.165) is 23.5 Å². The highest BCUT2D eigenvalue weighted by Crippen LogP contribution is 2.27. The standard InChI is InChI=1S/C21H24ClFN2O2S/c22-18-3-1-2-4-20(18)28-14-9-21(26)24-15-19(25-10-12-27-13-11-25)16-5-7-17(23)8-6-16/h1-8,19H,9-15H2,(H,24,26). The highest BCUT2D eigenvalue weighted by molar-refractivity contribution is 7.99. The number of ether oxygens (including phenoxy) is 1. The second kappa shape index (κ2) is 10.8. The van der Waals surface area contributed by atoms with Crippen LogP contribution in [0.5, 0.6) is 0 Å². The van der Waals surface area contributed by atoms with Gasteiger partial charge in [0.05, 0.1) is 24.3 Å². The van der Waals surface area contributed by atoms with Gasteiger partial charge in [-0.1, -0.05) is 35.9 Å². The van der Waals surface area contributed by atoms with Crippen molar-refractivity contribution >= 4 is 29.3 Å². The molecule has 1 fully saturated rings. The Morgan fingerprint density at radius 2 is 1.89 bits per heavy atom. The molecule has 0 aromatic heterocycles. The van der Waals surface area contributed by atoms with E-state index in [1.165, 1.54) is 12.1 Å². The third kappa shape index (κ3) is 6.21. The number of nitrogens with zero attached hydrogens (tertiary/aromatic N) is 1. The zero-order valence-corrected chi connectivity index (χ0v) is 17.1. The van der Waals surface area contributed by atoms with Crippen molar-refractivity contribution in [3.8, 4) is 0 Å². The van der Waals surface area contributed by atoms with Crippen LogP contribution in [0.15, 0.2) is 53.4 Å². The lowest BCUT2D eigenvalue weighted by atomic mass is 10.0. The zero-order valence-electron chi connectivity index (χ0n) is 15.6. The number of carbonyl (C=O) groups excluding carboxylic acids is 1. The van der Waals surface area contributed by atoms with Gasteiger partial charge in [-0.15, -0.1) is 11.8 Å². The fourth-order valence-electron chi connectivity index (χ4n) is 3.15. The number of benzene rings is 2. The molecule has 28 heavy (non-hydrogen) atoms. The fourth-order valence-corrected chi connectivity index (χ4v) is 4.33. The third-order valence-corrected chi connectivity index (χ3v) is 6.17. The van der Waals surface area contributed by atoms with Gasteiger partial charge in [-0.2, -0.15) is 0 Å². The Bertz CT molecular complexity index is 769. The average Bonchev–Trinajstić information content (AvgIpc) is 2.72. The van der Waals surface area contributed by atoms with Crippen LogP contribution in [0.4, 0.5) is 4.39 Å². The van der Waals surface area contributed by atoms with Crippen LogP contribution in [-0.2, 0) is 9.53 Å². The normalized spacial score (nSPS) is 15.9. The largest absolute Gasteiger partial charge is 0.379 e. The first kappa shape index (κ1) is 21.1. The number of halogens is 2. The molecule has 1 aliphatic rings.